The lowest BCUT2D eigenvalue weighted by molar-refractivity contribution is -0.116. The van der Waals surface area contributed by atoms with Crippen LogP contribution in [0.5, 0.6) is 17.2 Å². The fourth-order valence-electron chi connectivity index (χ4n) is 2.85. The number of thiazole rings is 1. The van der Waals surface area contributed by atoms with Crippen LogP contribution in [0.15, 0.2) is 47.8 Å². The van der Waals surface area contributed by atoms with E-state index in [4.69, 9.17) is 14.2 Å². The number of nitrogens with one attached hydrogen (secondary N) is 1. The first-order valence-corrected chi connectivity index (χ1v) is 10.6. The molecule has 3 rings (SSSR count). The number of ketones is 1. The molecule has 7 nitrogen and oxygen atoms in total. The summed E-state index contributed by atoms with van der Waals surface area (Å²) in [4.78, 5) is 28.0. The Bertz CT molecular complexity index is 1050. The highest BCUT2D eigenvalue weighted by molar-refractivity contribution is 7.14. The lowest BCUT2D eigenvalue weighted by Crippen LogP contribution is -2.12. The molecule has 8 heteroatoms. The molecule has 1 N–H and O–H groups in total. The molecule has 0 saturated carbocycles. The van der Waals surface area contributed by atoms with Crippen LogP contribution in [0.4, 0.5) is 5.13 Å². The highest BCUT2D eigenvalue weighted by atomic mass is 32.1. The second kappa shape index (κ2) is 10.6. The van der Waals surface area contributed by atoms with Crippen molar-refractivity contribution in [3.63, 3.8) is 0 Å². The van der Waals surface area contributed by atoms with Gasteiger partial charge in [-0.1, -0.05) is 0 Å². The maximum Gasteiger partial charge on any atom is 0.226 e. The first-order chi connectivity index (χ1) is 15.0. The van der Waals surface area contributed by atoms with E-state index in [0.717, 1.165) is 11.3 Å². The molecule has 0 radical (unpaired) electrons. The number of anilines is 1. The highest BCUT2D eigenvalue weighted by Crippen LogP contribution is 2.33. The van der Waals surface area contributed by atoms with Crippen molar-refractivity contribution < 1.29 is 23.8 Å². The van der Waals surface area contributed by atoms with Crippen molar-refractivity contribution in [1.82, 2.24) is 4.98 Å². The SMILES string of the molecule is COc1ccc(-c2csc(NC(=O)CCCOc3ccc(C(C)=O)cc3)n2)cc1OC. The molecule has 0 aliphatic carbocycles. The Morgan fingerprint density at radius 1 is 1.03 bits per heavy atom. The molecule has 2 aromatic carbocycles. The molecular weight excluding hydrogens is 416 g/mol. The van der Waals surface area contributed by atoms with E-state index < -0.39 is 0 Å². The Morgan fingerprint density at radius 2 is 1.77 bits per heavy atom. The third-order valence-electron chi connectivity index (χ3n) is 4.51. The second-order valence-corrected chi connectivity index (χ2v) is 7.55. The normalized spacial score (nSPS) is 10.4. The van der Waals surface area contributed by atoms with Gasteiger partial charge in [-0.3, -0.25) is 9.59 Å². The molecule has 31 heavy (non-hydrogen) atoms. The van der Waals surface area contributed by atoms with Gasteiger partial charge in [0.05, 0.1) is 26.5 Å². The van der Waals surface area contributed by atoms with Gasteiger partial charge in [-0.05, 0) is 55.8 Å². The van der Waals surface area contributed by atoms with Gasteiger partial charge in [0.1, 0.15) is 5.75 Å². The van der Waals surface area contributed by atoms with Crippen LogP contribution in [0, 0.1) is 0 Å². The van der Waals surface area contributed by atoms with Crippen LogP contribution >= 0.6 is 11.3 Å². The van der Waals surface area contributed by atoms with Crippen molar-refractivity contribution >= 4 is 28.2 Å². The minimum absolute atomic E-state index is 0.0136. The maximum absolute atomic E-state index is 12.2. The third-order valence-corrected chi connectivity index (χ3v) is 5.27. The van der Waals surface area contributed by atoms with Crippen LogP contribution in [-0.4, -0.2) is 37.5 Å². The minimum Gasteiger partial charge on any atom is -0.494 e. The standard InChI is InChI=1S/C23H24N2O5S/c1-15(26)16-6-9-18(10-7-16)30-12-4-5-22(27)25-23-24-19(14-31-23)17-8-11-20(28-2)21(13-17)29-3/h6-11,13-14H,4-5,12H2,1-3H3,(H,24,25,27). The third kappa shape index (κ3) is 6.05. The Balaban J connectivity index is 1.47. The van der Waals surface area contributed by atoms with Crippen molar-refractivity contribution in [1.29, 1.82) is 0 Å². The Labute approximate surface area is 185 Å². The number of hydrogen-bond acceptors (Lipinski definition) is 7. The van der Waals surface area contributed by atoms with Crippen molar-refractivity contribution in [2.75, 3.05) is 26.1 Å². The summed E-state index contributed by atoms with van der Waals surface area (Å²) in [6.07, 6.45) is 0.880. The van der Waals surface area contributed by atoms with Crippen LogP contribution in [0.3, 0.4) is 0 Å². The predicted octanol–water partition coefficient (Wildman–Crippen LogP) is 4.83. The van der Waals surface area contributed by atoms with E-state index in [2.05, 4.69) is 10.3 Å². The van der Waals surface area contributed by atoms with E-state index in [1.807, 2.05) is 23.6 Å². The molecule has 0 aliphatic heterocycles. The number of ether oxygens (including phenoxy) is 3. The number of Topliss-reactive ketones (excluding diaryl/α,β-unsaturated/α-hetero) is 1. The number of aromatic nitrogens is 1. The van der Waals surface area contributed by atoms with Gasteiger partial charge in [0, 0.05) is 22.9 Å². The van der Waals surface area contributed by atoms with E-state index >= 15 is 0 Å². The molecule has 0 atom stereocenters. The molecule has 0 spiro atoms. The van der Waals surface area contributed by atoms with Crippen LogP contribution in [0.2, 0.25) is 0 Å². The molecule has 1 amide bonds. The molecular formula is C23H24N2O5S. The number of nitrogens with zero attached hydrogens (tertiary/aromatic N) is 1. The Morgan fingerprint density at radius 3 is 2.45 bits per heavy atom. The summed E-state index contributed by atoms with van der Waals surface area (Å²) < 4.78 is 16.2. The summed E-state index contributed by atoms with van der Waals surface area (Å²) in [7, 11) is 3.17. The van der Waals surface area contributed by atoms with Gasteiger partial charge in [0.2, 0.25) is 5.91 Å². The summed E-state index contributed by atoms with van der Waals surface area (Å²) in [5.74, 6) is 1.83. The Kier molecular flexibility index (Phi) is 7.61. The summed E-state index contributed by atoms with van der Waals surface area (Å²) in [6.45, 7) is 1.93. The molecule has 1 aromatic heterocycles. The summed E-state index contributed by atoms with van der Waals surface area (Å²) in [5, 5.41) is 5.24. The van der Waals surface area contributed by atoms with Crippen molar-refractivity contribution in [3.8, 4) is 28.5 Å². The Hall–Kier alpha value is -3.39. The number of benzene rings is 2. The topological polar surface area (TPSA) is 86.8 Å². The predicted molar refractivity (Wildman–Crippen MR) is 120 cm³/mol. The van der Waals surface area contributed by atoms with Crippen LogP contribution < -0.4 is 19.5 Å². The van der Waals surface area contributed by atoms with E-state index in [1.165, 1.54) is 18.3 Å². The minimum atomic E-state index is -0.122. The van der Waals surface area contributed by atoms with Crippen molar-refractivity contribution in [3.05, 3.63) is 53.4 Å². The molecule has 162 valence electrons. The summed E-state index contributed by atoms with van der Waals surface area (Å²) in [5.41, 5.74) is 2.26. The summed E-state index contributed by atoms with van der Waals surface area (Å²) in [6, 6.07) is 12.5. The lowest BCUT2D eigenvalue weighted by atomic mass is 10.1. The van der Waals surface area contributed by atoms with Gasteiger partial charge < -0.3 is 19.5 Å². The number of rotatable bonds is 10. The summed E-state index contributed by atoms with van der Waals surface area (Å²) >= 11 is 1.36. The number of methoxy groups -OCH3 is 2. The molecule has 0 fully saturated rings. The molecule has 3 aromatic rings. The number of carbonyl (C=O) groups is 2. The van der Waals surface area contributed by atoms with Gasteiger partial charge in [-0.15, -0.1) is 11.3 Å². The molecule has 1 heterocycles. The van der Waals surface area contributed by atoms with Gasteiger partial charge >= 0.3 is 0 Å². The highest BCUT2D eigenvalue weighted by Gasteiger charge is 2.11. The average molecular weight is 441 g/mol. The zero-order valence-electron chi connectivity index (χ0n) is 17.6. The quantitative estimate of drug-likeness (QED) is 0.359. The zero-order chi connectivity index (χ0) is 22.2. The second-order valence-electron chi connectivity index (χ2n) is 6.69. The molecule has 0 unspecified atom stereocenters. The largest absolute Gasteiger partial charge is 0.494 e. The molecule has 0 aliphatic rings. The number of carbonyl (C=O) groups excluding carboxylic acids is 2. The fourth-order valence-corrected chi connectivity index (χ4v) is 3.59. The van der Waals surface area contributed by atoms with Crippen LogP contribution in [0.25, 0.3) is 11.3 Å². The fraction of sp³-hybridized carbons (Fsp3) is 0.261. The van der Waals surface area contributed by atoms with Gasteiger partial charge in [0.25, 0.3) is 0 Å². The van der Waals surface area contributed by atoms with Crippen molar-refractivity contribution in [2.45, 2.75) is 19.8 Å². The van der Waals surface area contributed by atoms with Crippen molar-refractivity contribution in [2.24, 2.45) is 0 Å². The first-order valence-electron chi connectivity index (χ1n) is 9.71. The van der Waals surface area contributed by atoms with E-state index in [1.54, 1.807) is 38.5 Å². The molecule has 0 bridgehead atoms. The van der Waals surface area contributed by atoms with Crippen LogP contribution in [0.1, 0.15) is 30.1 Å². The lowest BCUT2D eigenvalue weighted by Gasteiger charge is -2.08. The smallest absolute Gasteiger partial charge is 0.226 e. The van der Waals surface area contributed by atoms with E-state index in [0.29, 0.717) is 47.4 Å². The van der Waals surface area contributed by atoms with E-state index in [-0.39, 0.29) is 11.7 Å². The average Bonchev–Trinajstić information content (AvgIpc) is 3.24. The number of amides is 1. The first kappa shape index (κ1) is 22.3. The van der Waals surface area contributed by atoms with Gasteiger partial charge in [0.15, 0.2) is 22.4 Å². The van der Waals surface area contributed by atoms with E-state index in [9.17, 15) is 9.59 Å². The zero-order valence-corrected chi connectivity index (χ0v) is 18.5. The number of hydrogen-bond donors (Lipinski definition) is 1. The molecule has 0 saturated heterocycles. The van der Waals surface area contributed by atoms with Gasteiger partial charge in [-0.2, -0.15) is 0 Å². The maximum atomic E-state index is 12.2. The van der Waals surface area contributed by atoms with Crippen LogP contribution in [-0.2, 0) is 4.79 Å². The monoisotopic (exact) mass is 440 g/mol. The van der Waals surface area contributed by atoms with Gasteiger partial charge in [-0.25, -0.2) is 4.98 Å².